The van der Waals surface area contributed by atoms with Crippen LogP contribution in [0.1, 0.15) is 48.0 Å². The van der Waals surface area contributed by atoms with Gasteiger partial charge in [0.05, 0.1) is 77.3 Å². The maximum absolute atomic E-state index is 10.9. The van der Waals surface area contributed by atoms with Crippen molar-refractivity contribution in [2.45, 2.75) is 59.2 Å². The van der Waals surface area contributed by atoms with Crippen molar-refractivity contribution in [2.75, 3.05) is 72.6 Å². The van der Waals surface area contributed by atoms with Crippen molar-refractivity contribution < 1.29 is 33.2 Å². The van der Waals surface area contributed by atoms with Crippen molar-refractivity contribution in [3.05, 3.63) is 0 Å². The second-order valence-electron chi connectivity index (χ2n) is 8.25. The van der Waals surface area contributed by atoms with Crippen LogP contribution in [-0.4, -0.2) is 89.7 Å². The first-order valence-electron chi connectivity index (χ1n) is 10.5. The van der Waals surface area contributed by atoms with Gasteiger partial charge in [0.1, 0.15) is 0 Å². The minimum absolute atomic E-state index is 0.0235. The number of hydrogen-bond donors (Lipinski definition) is 1. The Kier molecular flexibility index (Phi) is 16.5. The first-order valence-corrected chi connectivity index (χ1v) is 10.5. The lowest BCUT2D eigenvalue weighted by molar-refractivity contribution is -0.119. The van der Waals surface area contributed by atoms with E-state index < -0.39 is 0 Å². The van der Waals surface area contributed by atoms with Crippen LogP contribution in [-0.2, 0) is 33.2 Å². The van der Waals surface area contributed by atoms with Crippen LogP contribution in [0, 0.1) is 0 Å². The summed E-state index contributed by atoms with van der Waals surface area (Å²) in [7, 11) is 0. The molecule has 0 heterocycles. The average Bonchev–Trinajstić information content (AvgIpc) is 2.59. The van der Waals surface area contributed by atoms with Crippen LogP contribution in [0.4, 0.5) is 0 Å². The molecule has 0 aliphatic heterocycles. The fraction of sp³-hybridized carbons (Fsp3) is 0.952. The molecule has 0 aliphatic carbocycles. The zero-order chi connectivity index (χ0) is 22.0. The van der Waals surface area contributed by atoms with Crippen LogP contribution in [0.15, 0.2) is 0 Å². The zero-order valence-corrected chi connectivity index (χ0v) is 19.3. The molecule has 1 amide bonds. The number of nitrogens with one attached hydrogen (secondary N) is 1. The highest BCUT2D eigenvalue weighted by Crippen LogP contribution is 2.13. The SMILES string of the molecule is CC(=O)NCCC(C)(C)OCCOCCOCCOCCOCCOC(C)(C)C. The Morgan fingerprint density at radius 3 is 1.41 bits per heavy atom. The summed E-state index contributed by atoms with van der Waals surface area (Å²) in [6, 6.07) is 0. The van der Waals surface area contributed by atoms with Gasteiger partial charge in [-0.25, -0.2) is 0 Å². The molecule has 0 saturated heterocycles. The van der Waals surface area contributed by atoms with Crippen LogP contribution >= 0.6 is 0 Å². The van der Waals surface area contributed by atoms with Gasteiger partial charge < -0.3 is 33.7 Å². The molecule has 174 valence electrons. The third-order valence-corrected chi connectivity index (χ3v) is 3.70. The lowest BCUT2D eigenvalue weighted by atomic mass is 10.1. The molecule has 0 saturated carbocycles. The molecule has 8 heteroatoms. The Morgan fingerprint density at radius 2 is 1.03 bits per heavy atom. The molecule has 8 nitrogen and oxygen atoms in total. The molecule has 0 unspecified atom stereocenters. The lowest BCUT2D eigenvalue weighted by Gasteiger charge is -2.25. The Hall–Kier alpha value is -0.770. The van der Waals surface area contributed by atoms with Crippen LogP contribution in [0.5, 0.6) is 0 Å². The smallest absolute Gasteiger partial charge is 0.216 e. The molecule has 0 aromatic heterocycles. The van der Waals surface area contributed by atoms with E-state index in [4.69, 9.17) is 28.4 Å². The zero-order valence-electron chi connectivity index (χ0n) is 19.3. The Labute approximate surface area is 176 Å². The number of carbonyl (C=O) groups is 1. The van der Waals surface area contributed by atoms with Crippen molar-refractivity contribution in [3.8, 4) is 0 Å². The second-order valence-corrected chi connectivity index (χ2v) is 8.25. The molecule has 0 rings (SSSR count). The van der Waals surface area contributed by atoms with Crippen molar-refractivity contribution in [3.63, 3.8) is 0 Å². The summed E-state index contributed by atoms with van der Waals surface area (Å²) in [5, 5.41) is 2.77. The van der Waals surface area contributed by atoms with Crippen LogP contribution < -0.4 is 5.32 Å². The number of carbonyl (C=O) groups excluding carboxylic acids is 1. The quantitative estimate of drug-likeness (QED) is 0.320. The van der Waals surface area contributed by atoms with Crippen LogP contribution in [0.3, 0.4) is 0 Å². The van der Waals surface area contributed by atoms with E-state index in [-0.39, 0.29) is 17.1 Å². The summed E-state index contributed by atoms with van der Waals surface area (Å²) >= 11 is 0. The van der Waals surface area contributed by atoms with Crippen molar-refractivity contribution in [2.24, 2.45) is 0 Å². The predicted octanol–water partition coefficient (Wildman–Crippen LogP) is 2.19. The summed E-state index contributed by atoms with van der Waals surface area (Å²) in [4.78, 5) is 10.9. The highest BCUT2D eigenvalue weighted by Gasteiger charge is 2.17. The van der Waals surface area contributed by atoms with Gasteiger partial charge >= 0.3 is 0 Å². The highest BCUT2D eigenvalue weighted by molar-refractivity contribution is 5.72. The first kappa shape index (κ1) is 28.2. The molecular weight excluding hydrogens is 378 g/mol. The molecule has 0 radical (unpaired) electrons. The van der Waals surface area contributed by atoms with Gasteiger partial charge in [-0.05, 0) is 41.0 Å². The predicted molar refractivity (Wildman–Crippen MR) is 112 cm³/mol. The maximum Gasteiger partial charge on any atom is 0.216 e. The van der Waals surface area contributed by atoms with E-state index >= 15 is 0 Å². The summed E-state index contributed by atoms with van der Waals surface area (Å²) in [6.07, 6.45) is 0.755. The average molecular weight is 422 g/mol. The van der Waals surface area contributed by atoms with Gasteiger partial charge in [-0.3, -0.25) is 4.79 Å². The van der Waals surface area contributed by atoms with E-state index in [0.29, 0.717) is 72.6 Å². The van der Waals surface area contributed by atoms with E-state index in [0.717, 1.165) is 6.42 Å². The van der Waals surface area contributed by atoms with E-state index in [1.807, 2.05) is 34.6 Å². The number of amides is 1. The Bertz CT molecular complexity index is 397. The maximum atomic E-state index is 10.9. The Morgan fingerprint density at radius 1 is 0.655 bits per heavy atom. The topological polar surface area (TPSA) is 84.5 Å². The van der Waals surface area contributed by atoms with E-state index in [9.17, 15) is 4.79 Å². The molecule has 1 N–H and O–H groups in total. The number of hydrogen-bond acceptors (Lipinski definition) is 7. The van der Waals surface area contributed by atoms with Crippen molar-refractivity contribution in [1.82, 2.24) is 5.32 Å². The van der Waals surface area contributed by atoms with Gasteiger partial charge in [-0.2, -0.15) is 0 Å². The standard InChI is InChI=1S/C21H43NO7/c1-19(23)22-8-7-21(5,6)29-18-16-27-14-12-25-10-9-24-11-13-26-15-17-28-20(2,3)4/h7-18H2,1-6H3,(H,22,23). The normalized spacial score (nSPS) is 12.3. The van der Waals surface area contributed by atoms with Crippen LogP contribution in [0.25, 0.3) is 0 Å². The molecule has 0 fully saturated rings. The molecule has 0 aromatic rings. The van der Waals surface area contributed by atoms with Gasteiger partial charge in [0.15, 0.2) is 0 Å². The van der Waals surface area contributed by atoms with E-state index in [1.165, 1.54) is 6.92 Å². The minimum Gasteiger partial charge on any atom is -0.377 e. The third-order valence-electron chi connectivity index (χ3n) is 3.70. The van der Waals surface area contributed by atoms with Gasteiger partial charge in [0.2, 0.25) is 5.91 Å². The van der Waals surface area contributed by atoms with Crippen LogP contribution in [0.2, 0.25) is 0 Å². The number of rotatable bonds is 19. The van der Waals surface area contributed by atoms with Crippen molar-refractivity contribution >= 4 is 5.91 Å². The summed E-state index contributed by atoms with van der Waals surface area (Å²) in [5.74, 6) is -0.0235. The second kappa shape index (κ2) is 17.0. The first-order chi connectivity index (χ1) is 13.6. The fourth-order valence-corrected chi connectivity index (χ4v) is 2.16. The Balaban J connectivity index is 3.26. The molecule has 29 heavy (non-hydrogen) atoms. The summed E-state index contributed by atoms with van der Waals surface area (Å²) in [5.41, 5.74) is -0.415. The minimum atomic E-state index is -0.289. The van der Waals surface area contributed by atoms with Gasteiger partial charge in [-0.15, -0.1) is 0 Å². The summed E-state index contributed by atoms with van der Waals surface area (Å²) in [6.45, 7) is 17.6. The third kappa shape index (κ3) is 23.4. The van der Waals surface area contributed by atoms with Gasteiger partial charge in [-0.1, -0.05) is 0 Å². The lowest BCUT2D eigenvalue weighted by Crippen LogP contribution is -2.32. The largest absolute Gasteiger partial charge is 0.377 e. The molecule has 0 aromatic carbocycles. The fourth-order valence-electron chi connectivity index (χ4n) is 2.16. The van der Waals surface area contributed by atoms with Crippen molar-refractivity contribution in [1.29, 1.82) is 0 Å². The van der Waals surface area contributed by atoms with Gasteiger partial charge in [0.25, 0.3) is 0 Å². The summed E-state index contributed by atoms with van der Waals surface area (Å²) < 4.78 is 33.1. The monoisotopic (exact) mass is 421 g/mol. The molecule has 0 aliphatic rings. The van der Waals surface area contributed by atoms with E-state index in [2.05, 4.69) is 5.32 Å². The van der Waals surface area contributed by atoms with Gasteiger partial charge in [0, 0.05) is 13.5 Å². The number of ether oxygens (including phenoxy) is 6. The molecule has 0 spiro atoms. The highest BCUT2D eigenvalue weighted by atomic mass is 16.6. The van der Waals surface area contributed by atoms with E-state index in [1.54, 1.807) is 0 Å². The molecular formula is C21H43NO7. The molecule has 0 bridgehead atoms. The molecule has 0 atom stereocenters.